The maximum absolute atomic E-state index is 12.7. The third kappa shape index (κ3) is 13.2. The molecule has 0 aromatic rings. The Morgan fingerprint density at radius 3 is 1.75 bits per heavy atom. The van der Waals surface area contributed by atoms with Crippen LogP contribution in [0.3, 0.4) is 0 Å². The second-order valence-electron chi connectivity index (χ2n) is 7.28. The van der Waals surface area contributed by atoms with E-state index in [2.05, 4.69) is 10.6 Å². The van der Waals surface area contributed by atoms with Crippen molar-refractivity contribution in [1.29, 1.82) is 0 Å². The van der Waals surface area contributed by atoms with E-state index in [0.717, 1.165) is 19.3 Å². The Hall–Kier alpha value is -3.22. The monoisotopic (exact) mass is 459 g/mol. The van der Waals surface area contributed by atoms with Gasteiger partial charge in [0.2, 0.25) is 23.6 Å². The lowest BCUT2D eigenvalue weighted by molar-refractivity contribution is -0.147. The van der Waals surface area contributed by atoms with Gasteiger partial charge in [-0.3, -0.25) is 24.0 Å². The molecule has 0 fully saturated rings. The summed E-state index contributed by atoms with van der Waals surface area (Å²) in [6.45, 7) is 2.48. The fourth-order valence-electron chi connectivity index (χ4n) is 2.74. The molecule has 0 heterocycles. The number of carboxylic acid groups (broad SMARTS) is 2. The first kappa shape index (κ1) is 28.8. The Morgan fingerprint density at radius 2 is 1.28 bits per heavy atom. The number of carbonyl (C=O) groups is 6. The third-order valence-corrected chi connectivity index (χ3v) is 4.47. The first-order valence-corrected chi connectivity index (χ1v) is 10.3. The van der Waals surface area contributed by atoms with Crippen LogP contribution in [0.1, 0.15) is 58.3 Å². The molecule has 0 bridgehead atoms. The average molecular weight is 460 g/mol. The highest BCUT2D eigenvalue weighted by molar-refractivity contribution is 5.93. The van der Waals surface area contributed by atoms with Crippen molar-refractivity contribution in [1.82, 2.24) is 16.0 Å². The van der Waals surface area contributed by atoms with Gasteiger partial charge >= 0.3 is 11.9 Å². The van der Waals surface area contributed by atoms with E-state index in [9.17, 15) is 28.8 Å². The van der Waals surface area contributed by atoms with Crippen molar-refractivity contribution in [2.24, 2.45) is 11.5 Å². The number of carboxylic acids is 2. The summed E-state index contributed by atoms with van der Waals surface area (Å²) in [4.78, 5) is 69.6. The Morgan fingerprint density at radius 1 is 0.781 bits per heavy atom. The van der Waals surface area contributed by atoms with Crippen LogP contribution >= 0.6 is 0 Å². The molecule has 182 valence electrons. The molecule has 0 aliphatic heterocycles. The molecule has 0 saturated carbocycles. The molecule has 0 unspecified atom stereocenters. The van der Waals surface area contributed by atoms with Gasteiger partial charge in [-0.1, -0.05) is 19.8 Å². The Balaban J connectivity index is 5.35. The summed E-state index contributed by atoms with van der Waals surface area (Å²) in [6, 6.07) is -3.94. The minimum absolute atomic E-state index is 0.0637. The first-order valence-electron chi connectivity index (χ1n) is 10.3. The van der Waals surface area contributed by atoms with Gasteiger partial charge in [-0.15, -0.1) is 0 Å². The number of nitrogens with two attached hydrogens (primary N) is 2. The van der Waals surface area contributed by atoms with Crippen molar-refractivity contribution < 1.29 is 39.0 Å². The van der Waals surface area contributed by atoms with Crippen LogP contribution in [0.4, 0.5) is 0 Å². The second-order valence-corrected chi connectivity index (χ2v) is 7.28. The molecule has 0 radical (unpaired) electrons. The van der Waals surface area contributed by atoms with Gasteiger partial charge < -0.3 is 37.6 Å². The Labute approximate surface area is 185 Å². The van der Waals surface area contributed by atoms with Gasteiger partial charge in [0.05, 0.1) is 12.5 Å². The fourth-order valence-corrected chi connectivity index (χ4v) is 2.74. The zero-order valence-corrected chi connectivity index (χ0v) is 18.1. The summed E-state index contributed by atoms with van der Waals surface area (Å²) in [7, 11) is 0. The summed E-state index contributed by atoms with van der Waals surface area (Å²) in [5.74, 6) is -6.01. The molecule has 13 nitrogen and oxygen atoms in total. The lowest BCUT2D eigenvalue weighted by atomic mass is 10.1. The summed E-state index contributed by atoms with van der Waals surface area (Å²) >= 11 is 0. The van der Waals surface area contributed by atoms with Crippen LogP contribution in [0.15, 0.2) is 0 Å². The predicted molar refractivity (Wildman–Crippen MR) is 112 cm³/mol. The van der Waals surface area contributed by atoms with E-state index in [1.807, 2.05) is 12.2 Å². The summed E-state index contributed by atoms with van der Waals surface area (Å²) in [5, 5.41) is 25.4. The van der Waals surface area contributed by atoms with Gasteiger partial charge in [0, 0.05) is 12.8 Å². The van der Waals surface area contributed by atoms with Gasteiger partial charge in [-0.2, -0.15) is 0 Å². The maximum atomic E-state index is 12.7. The minimum atomic E-state index is -1.73. The lowest BCUT2D eigenvalue weighted by Gasteiger charge is -2.24. The van der Waals surface area contributed by atoms with E-state index >= 15 is 0 Å². The summed E-state index contributed by atoms with van der Waals surface area (Å²) in [6.07, 6.45) is 1.23. The van der Waals surface area contributed by atoms with Gasteiger partial charge in [-0.05, 0) is 25.8 Å². The normalized spacial score (nSPS) is 13.4. The minimum Gasteiger partial charge on any atom is -0.481 e. The number of aliphatic carboxylic acids is 2. The van der Waals surface area contributed by atoms with E-state index in [1.165, 1.54) is 0 Å². The fraction of sp³-hybridized carbons (Fsp3) is 0.684. The molecule has 0 spiro atoms. The van der Waals surface area contributed by atoms with Crippen LogP contribution in [-0.2, 0) is 28.8 Å². The molecule has 0 aromatic carbocycles. The molecule has 4 amide bonds. The molecular weight excluding hydrogens is 426 g/mol. The highest BCUT2D eigenvalue weighted by Crippen LogP contribution is 2.05. The molecule has 9 N–H and O–H groups in total. The molecule has 0 aliphatic carbocycles. The van der Waals surface area contributed by atoms with Crippen molar-refractivity contribution in [3.05, 3.63) is 0 Å². The standard InChI is InChI=1S/C19H33N5O8/c1-2-3-4-9-22-11(5-7-14(20)25)17(29)23-12(6-8-15(21)26)18(30)24-13(19(31)32)10-16(27)28/h11-13,22H,2-10H2,1H3,(H2,20,25)(H2,21,26)(H,23,29)(H,24,30)(H,27,28)(H,31,32)/t11-,12-,13-/m0/s1. The van der Waals surface area contributed by atoms with Crippen LogP contribution in [0, 0.1) is 0 Å². The molecule has 0 rings (SSSR count). The zero-order valence-electron chi connectivity index (χ0n) is 18.1. The molecule has 0 aromatic heterocycles. The first-order chi connectivity index (χ1) is 15.0. The number of amides is 4. The van der Waals surface area contributed by atoms with Crippen LogP contribution in [0.2, 0.25) is 0 Å². The van der Waals surface area contributed by atoms with Crippen LogP contribution in [0.5, 0.6) is 0 Å². The van der Waals surface area contributed by atoms with E-state index in [1.54, 1.807) is 0 Å². The quantitative estimate of drug-likeness (QED) is 0.114. The van der Waals surface area contributed by atoms with Gasteiger partial charge in [0.1, 0.15) is 12.1 Å². The molecule has 3 atom stereocenters. The third-order valence-electron chi connectivity index (χ3n) is 4.47. The maximum Gasteiger partial charge on any atom is 0.326 e. The SMILES string of the molecule is CCCCCN[C@@H](CCC(N)=O)C(=O)N[C@@H](CCC(N)=O)C(=O)N[C@@H](CC(=O)O)C(=O)O. The van der Waals surface area contributed by atoms with Crippen molar-refractivity contribution in [2.75, 3.05) is 6.54 Å². The van der Waals surface area contributed by atoms with Gasteiger partial charge in [0.25, 0.3) is 0 Å². The number of nitrogens with one attached hydrogen (secondary N) is 3. The van der Waals surface area contributed by atoms with Gasteiger partial charge in [0.15, 0.2) is 0 Å². The Kier molecular flexibility index (Phi) is 14.0. The second kappa shape index (κ2) is 15.6. The van der Waals surface area contributed by atoms with E-state index < -0.39 is 60.1 Å². The van der Waals surface area contributed by atoms with E-state index in [0.29, 0.717) is 6.54 Å². The topological polar surface area (TPSA) is 231 Å². The zero-order chi connectivity index (χ0) is 24.7. The number of primary amides is 2. The molecule has 13 heteroatoms. The number of rotatable bonds is 18. The molecule has 0 saturated heterocycles. The van der Waals surface area contributed by atoms with E-state index in [-0.39, 0.29) is 25.7 Å². The smallest absolute Gasteiger partial charge is 0.326 e. The van der Waals surface area contributed by atoms with Gasteiger partial charge in [-0.25, -0.2) is 4.79 Å². The number of carbonyl (C=O) groups excluding carboxylic acids is 4. The number of hydrogen-bond acceptors (Lipinski definition) is 7. The summed E-state index contributed by atoms with van der Waals surface area (Å²) < 4.78 is 0. The highest BCUT2D eigenvalue weighted by Gasteiger charge is 2.30. The van der Waals surface area contributed by atoms with E-state index in [4.69, 9.17) is 21.7 Å². The highest BCUT2D eigenvalue weighted by atomic mass is 16.4. The largest absolute Gasteiger partial charge is 0.481 e. The van der Waals surface area contributed by atoms with Crippen molar-refractivity contribution in [2.45, 2.75) is 76.4 Å². The van der Waals surface area contributed by atoms with Crippen LogP contribution in [0.25, 0.3) is 0 Å². The van der Waals surface area contributed by atoms with Crippen molar-refractivity contribution in [3.8, 4) is 0 Å². The lowest BCUT2D eigenvalue weighted by Crippen LogP contribution is -2.55. The van der Waals surface area contributed by atoms with Crippen LogP contribution in [-0.4, -0.2) is 70.5 Å². The van der Waals surface area contributed by atoms with Crippen molar-refractivity contribution >= 4 is 35.6 Å². The average Bonchev–Trinajstić information content (AvgIpc) is 2.68. The van der Waals surface area contributed by atoms with Crippen LogP contribution < -0.4 is 27.4 Å². The Bertz CT molecular complexity index is 685. The molecule has 32 heavy (non-hydrogen) atoms. The number of hydrogen-bond donors (Lipinski definition) is 7. The number of unbranched alkanes of at least 4 members (excludes halogenated alkanes) is 2. The summed E-state index contributed by atoms with van der Waals surface area (Å²) in [5.41, 5.74) is 10.3. The predicted octanol–water partition coefficient (Wildman–Crippen LogP) is -1.81. The molecular formula is C19H33N5O8. The van der Waals surface area contributed by atoms with Crippen molar-refractivity contribution in [3.63, 3.8) is 0 Å². The molecule has 0 aliphatic rings.